The molecule has 0 fully saturated rings. The second-order valence-corrected chi connectivity index (χ2v) is 6.48. The summed E-state index contributed by atoms with van der Waals surface area (Å²) < 4.78 is 5.36. The number of carbonyl (C=O) groups is 1. The van der Waals surface area contributed by atoms with E-state index < -0.39 is 5.60 Å². The molecular formula is C15H20ClNO2. The molecule has 19 heavy (non-hydrogen) atoms. The minimum atomic E-state index is -0.416. The summed E-state index contributed by atoms with van der Waals surface area (Å²) in [5.41, 5.74) is 1.87. The van der Waals surface area contributed by atoms with E-state index in [2.05, 4.69) is 5.32 Å². The molecule has 1 aromatic carbocycles. The molecule has 0 saturated heterocycles. The maximum atomic E-state index is 11.8. The van der Waals surface area contributed by atoms with Crippen LogP contribution in [0.4, 0.5) is 5.69 Å². The van der Waals surface area contributed by atoms with Crippen molar-refractivity contribution < 1.29 is 9.53 Å². The zero-order chi connectivity index (χ0) is 14.0. The molecule has 2 rings (SSSR count). The maximum absolute atomic E-state index is 11.8. The Balaban J connectivity index is 1.96. The van der Waals surface area contributed by atoms with Crippen molar-refractivity contribution in [3.05, 3.63) is 28.8 Å². The van der Waals surface area contributed by atoms with Gasteiger partial charge in [0.05, 0.1) is 6.42 Å². The van der Waals surface area contributed by atoms with Crippen LogP contribution in [0.15, 0.2) is 18.2 Å². The summed E-state index contributed by atoms with van der Waals surface area (Å²) in [7, 11) is 0. The third-order valence-corrected chi connectivity index (χ3v) is 3.27. The van der Waals surface area contributed by atoms with Crippen molar-refractivity contribution in [3.8, 4) is 0 Å². The van der Waals surface area contributed by atoms with Gasteiger partial charge in [0.2, 0.25) is 0 Å². The van der Waals surface area contributed by atoms with Gasteiger partial charge in [0.1, 0.15) is 5.60 Å². The molecule has 1 atom stereocenters. The van der Waals surface area contributed by atoms with Crippen LogP contribution in [0.5, 0.6) is 0 Å². The topological polar surface area (TPSA) is 38.3 Å². The van der Waals surface area contributed by atoms with Crippen molar-refractivity contribution in [2.24, 2.45) is 5.92 Å². The lowest BCUT2D eigenvalue weighted by atomic mass is 9.91. The summed E-state index contributed by atoms with van der Waals surface area (Å²) in [5.74, 6) is 0.130. The van der Waals surface area contributed by atoms with Crippen LogP contribution in [-0.4, -0.2) is 18.1 Å². The van der Waals surface area contributed by atoms with Crippen LogP contribution in [0.3, 0.4) is 0 Å². The van der Waals surface area contributed by atoms with Crippen molar-refractivity contribution in [3.63, 3.8) is 0 Å². The molecule has 1 heterocycles. The van der Waals surface area contributed by atoms with E-state index in [9.17, 15) is 4.79 Å². The zero-order valence-electron chi connectivity index (χ0n) is 11.6. The van der Waals surface area contributed by atoms with Crippen molar-refractivity contribution in [1.29, 1.82) is 0 Å². The first-order valence-electron chi connectivity index (χ1n) is 6.57. The first-order chi connectivity index (χ1) is 8.83. The number of halogens is 1. The standard InChI is InChI=1S/C15H20ClNO2/c1-15(2,3)19-14(18)7-10-6-11-8-12(16)4-5-13(11)17-9-10/h4-5,8,10,17H,6-7,9H2,1-3H3. The summed E-state index contributed by atoms with van der Waals surface area (Å²) >= 11 is 6.00. The van der Waals surface area contributed by atoms with Crippen LogP contribution >= 0.6 is 11.6 Å². The van der Waals surface area contributed by atoms with Gasteiger partial charge in [0.15, 0.2) is 0 Å². The fraction of sp³-hybridized carbons (Fsp3) is 0.533. The SMILES string of the molecule is CC(C)(C)OC(=O)CC1CNc2ccc(Cl)cc2C1. The van der Waals surface area contributed by atoms with Crippen molar-refractivity contribution >= 4 is 23.3 Å². The van der Waals surface area contributed by atoms with Crippen LogP contribution in [0.2, 0.25) is 5.02 Å². The van der Waals surface area contributed by atoms with E-state index in [0.717, 1.165) is 23.7 Å². The summed E-state index contributed by atoms with van der Waals surface area (Å²) in [4.78, 5) is 11.8. The molecule has 1 aliphatic heterocycles. The Labute approximate surface area is 119 Å². The number of ether oxygens (including phenoxy) is 1. The molecule has 4 heteroatoms. The molecule has 1 aliphatic rings. The molecule has 104 valence electrons. The van der Waals surface area contributed by atoms with E-state index in [-0.39, 0.29) is 11.9 Å². The predicted molar refractivity (Wildman–Crippen MR) is 77.6 cm³/mol. The monoisotopic (exact) mass is 281 g/mol. The fourth-order valence-corrected chi connectivity index (χ4v) is 2.50. The lowest BCUT2D eigenvalue weighted by Crippen LogP contribution is -2.29. The molecule has 0 bridgehead atoms. The molecule has 0 aliphatic carbocycles. The lowest BCUT2D eigenvalue weighted by Gasteiger charge is -2.27. The number of rotatable bonds is 2. The Hall–Kier alpha value is -1.22. The van der Waals surface area contributed by atoms with Crippen molar-refractivity contribution in [2.45, 2.75) is 39.2 Å². The van der Waals surface area contributed by atoms with Crippen molar-refractivity contribution in [1.82, 2.24) is 0 Å². The van der Waals surface area contributed by atoms with Crippen LogP contribution < -0.4 is 5.32 Å². The van der Waals surface area contributed by atoms with E-state index in [1.165, 1.54) is 5.56 Å². The number of benzene rings is 1. The number of anilines is 1. The van der Waals surface area contributed by atoms with Crippen LogP contribution in [0.1, 0.15) is 32.8 Å². The van der Waals surface area contributed by atoms with E-state index >= 15 is 0 Å². The summed E-state index contributed by atoms with van der Waals surface area (Å²) in [6, 6.07) is 5.83. The van der Waals surface area contributed by atoms with E-state index in [0.29, 0.717) is 6.42 Å². The number of carbonyl (C=O) groups excluding carboxylic acids is 1. The highest BCUT2D eigenvalue weighted by molar-refractivity contribution is 6.30. The second-order valence-electron chi connectivity index (χ2n) is 6.04. The second kappa shape index (κ2) is 5.41. The van der Waals surface area contributed by atoms with Gasteiger partial charge in [0.25, 0.3) is 0 Å². The quantitative estimate of drug-likeness (QED) is 0.841. The van der Waals surface area contributed by atoms with Gasteiger partial charge in [-0.2, -0.15) is 0 Å². The highest BCUT2D eigenvalue weighted by Gasteiger charge is 2.24. The van der Waals surface area contributed by atoms with Gasteiger partial charge in [-0.15, -0.1) is 0 Å². The molecule has 1 N–H and O–H groups in total. The van der Waals surface area contributed by atoms with E-state index in [1.807, 2.05) is 39.0 Å². The average Bonchev–Trinajstić information content (AvgIpc) is 2.25. The Morgan fingerprint density at radius 1 is 1.47 bits per heavy atom. The Kier molecular flexibility index (Phi) is 4.04. The molecular weight excluding hydrogens is 262 g/mol. The number of esters is 1. The first kappa shape index (κ1) is 14.2. The van der Waals surface area contributed by atoms with Gasteiger partial charge in [0, 0.05) is 17.3 Å². The third kappa shape index (κ3) is 4.13. The minimum absolute atomic E-state index is 0.134. The highest BCUT2D eigenvalue weighted by Crippen LogP contribution is 2.29. The van der Waals surface area contributed by atoms with Gasteiger partial charge >= 0.3 is 5.97 Å². The van der Waals surface area contributed by atoms with Crippen LogP contribution in [0.25, 0.3) is 0 Å². The van der Waals surface area contributed by atoms with E-state index in [4.69, 9.17) is 16.3 Å². The average molecular weight is 282 g/mol. The maximum Gasteiger partial charge on any atom is 0.306 e. The molecule has 1 unspecified atom stereocenters. The summed E-state index contributed by atoms with van der Waals surface area (Å²) in [6.45, 7) is 6.46. The summed E-state index contributed by atoms with van der Waals surface area (Å²) in [5, 5.41) is 4.08. The molecule has 0 spiro atoms. The van der Waals surface area contributed by atoms with Crippen molar-refractivity contribution in [2.75, 3.05) is 11.9 Å². The van der Waals surface area contributed by atoms with Crippen LogP contribution in [-0.2, 0) is 16.0 Å². The smallest absolute Gasteiger partial charge is 0.306 e. The molecule has 0 radical (unpaired) electrons. The Morgan fingerprint density at radius 2 is 2.21 bits per heavy atom. The van der Waals surface area contributed by atoms with E-state index in [1.54, 1.807) is 0 Å². The van der Waals surface area contributed by atoms with Gasteiger partial charge in [-0.3, -0.25) is 4.79 Å². The molecule has 1 aromatic rings. The number of hydrogen-bond donors (Lipinski definition) is 1. The number of nitrogens with one attached hydrogen (secondary N) is 1. The largest absolute Gasteiger partial charge is 0.460 e. The molecule has 3 nitrogen and oxygen atoms in total. The lowest BCUT2D eigenvalue weighted by molar-refractivity contribution is -0.155. The molecule has 0 saturated carbocycles. The Morgan fingerprint density at radius 3 is 2.89 bits per heavy atom. The predicted octanol–water partition coefficient (Wildman–Crippen LogP) is 3.66. The molecule has 0 amide bonds. The zero-order valence-corrected chi connectivity index (χ0v) is 12.4. The van der Waals surface area contributed by atoms with Gasteiger partial charge in [-0.05, 0) is 56.9 Å². The third-order valence-electron chi connectivity index (χ3n) is 3.03. The van der Waals surface area contributed by atoms with Gasteiger partial charge < -0.3 is 10.1 Å². The normalized spacial score (nSPS) is 18.4. The van der Waals surface area contributed by atoms with Gasteiger partial charge in [-0.25, -0.2) is 0 Å². The number of fused-ring (bicyclic) bond motifs is 1. The molecule has 0 aromatic heterocycles. The summed E-state index contributed by atoms with van der Waals surface area (Å²) in [6.07, 6.45) is 1.30. The van der Waals surface area contributed by atoms with Crippen LogP contribution in [0, 0.1) is 5.92 Å². The Bertz CT molecular complexity index is 480. The highest BCUT2D eigenvalue weighted by atomic mass is 35.5. The number of hydrogen-bond acceptors (Lipinski definition) is 3. The fourth-order valence-electron chi connectivity index (χ4n) is 2.30. The van der Waals surface area contributed by atoms with Gasteiger partial charge in [-0.1, -0.05) is 11.6 Å². The minimum Gasteiger partial charge on any atom is -0.460 e. The first-order valence-corrected chi connectivity index (χ1v) is 6.95.